The third kappa shape index (κ3) is 4.83. The molecule has 3 nitrogen and oxygen atoms in total. The largest absolute Gasteiger partial charge is 0.449 e. The Labute approximate surface area is 97.9 Å². The number of alkyl halides is 1. The number of nitrogens with one attached hydrogen (secondary N) is 1. The van der Waals surface area contributed by atoms with Gasteiger partial charge in [-0.3, -0.25) is 5.32 Å². The second-order valence-electron chi connectivity index (χ2n) is 3.35. The first-order valence-corrected chi connectivity index (χ1v) is 5.89. The summed E-state index contributed by atoms with van der Waals surface area (Å²) in [6.07, 6.45) is -0.408. The number of hydrogen-bond acceptors (Lipinski definition) is 2. The van der Waals surface area contributed by atoms with Gasteiger partial charge in [0, 0.05) is 16.9 Å². The summed E-state index contributed by atoms with van der Waals surface area (Å²) in [6.45, 7) is 2.43. The van der Waals surface area contributed by atoms with Gasteiger partial charge in [-0.25, -0.2) is 4.79 Å². The highest BCUT2D eigenvalue weighted by Gasteiger charge is 2.05. The van der Waals surface area contributed by atoms with Crippen molar-refractivity contribution in [2.24, 2.45) is 5.92 Å². The van der Waals surface area contributed by atoms with Gasteiger partial charge in [-0.2, -0.15) is 0 Å². The van der Waals surface area contributed by atoms with Crippen molar-refractivity contribution in [2.75, 3.05) is 17.3 Å². The molecule has 0 spiro atoms. The monoisotopic (exact) mass is 271 g/mol. The number of halogens is 1. The van der Waals surface area contributed by atoms with Crippen molar-refractivity contribution in [3.8, 4) is 0 Å². The molecule has 82 valence electrons. The first-order chi connectivity index (χ1) is 7.22. The lowest BCUT2D eigenvalue weighted by molar-refractivity contribution is 0.148. The van der Waals surface area contributed by atoms with E-state index in [2.05, 4.69) is 21.2 Å². The van der Waals surface area contributed by atoms with Crippen molar-refractivity contribution >= 4 is 27.7 Å². The van der Waals surface area contributed by atoms with E-state index < -0.39 is 6.09 Å². The lowest BCUT2D eigenvalue weighted by Gasteiger charge is -2.09. The molecular weight excluding hydrogens is 258 g/mol. The number of amides is 1. The summed E-state index contributed by atoms with van der Waals surface area (Å²) < 4.78 is 5.02. The van der Waals surface area contributed by atoms with Crippen LogP contribution in [0.5, 0.6) is 0 Å². The van der Waals surface area contributed by atoms with E-state index in [1.807, 2.05) is 37.3 Å². The predicted molar refractivity (Wildman–Crippen MR) is 64.4 cm³/mol. The molecule has 1 atom stereocenters. The van der Waals surface area contributed by atoms with Crippen molar-refractivity contribution in [3.63, 3.8) is 0 Å². The molecule has 1 N–H and O–H groups in total. The van der Waals surface area contributed by atoms with E-state index in [9.17, 15) is 4.79 Å². The summed E-state index contributed by atoms with van der Waals surface area (Å²) in [4.78, 5) is 11.3. The molecule has 0 aromatic heterocycles. The SMILES string of the molecule is CC(CBr)COC(=O)Nc1ccccc1. The van der Waals surface area contributed by atoms with Crippen molar-refractivity contribution in [2.45, 2.75) is 6.92 Å². The molecule has 15 heavy (non-hydrogen) atoms. The van der Waals surface area contributed by atoms with Crippen LogP contribution >= 0.6 is 15.9 Å². The number of ether oxygens (including phenoxy) is 1. The maximum Gasteiger partial charge on any atom is 0.411 e. The van der Waals surface area contributed by atoms with Gasteiger partial charge in [0.25, 0.3) is 0 Å². The summed E-state index contributed by atoms with van der Waals surface area (Å²) in [7, 11) is 0. The first-order valence-electron chi connectivity index (χ1n) is 4.77. The maximum absolute atomic E-state index is 11.3. The number of carbonyl (C=O) groups is 1. The summed E-state index contributed by atoms with van der Waals surface area (Å²) >= 11 is 3.32. The van der Waals surface area contributed by atoms with Crippen LogP contribution in [0.4, 0.5) is 10.5 Å². The summed E-state index contributed by atoms with van der Waals surface area (Å²) in [5.41, 5.74) is 0.744. The Bertz CT molecular complexity index is 303. The number of rotatable bonds is 4. The quantitative estimate of drug-likeness (QED) is 0.854. The first kappa shape index (κ1) is 12.0. The van der Waals surface area contributed by atoms with Crippen LogP contribution in [0.25, 0.3) is 0 Å². The number of para-hydroxylation sites is 1. The van der Waals surface area contributed by atoms with Crippen LogP contribution in [-0.2, 0) is 4.74 Å². The Kier molecular flexibility index (Phi) is 5.18. The zero-order valence-electron chi connectivity index (χ0n) is 8.57. The Morgan fingerprint density at radius 2 is 2.13 bits per heavy atom. The zero-order valence-corrected chi connectivity index (χ0v) is 10.2. The number of carbonyl (C=O) groups excluding carboxylic acids is 1. The van der Waals surface area contributed by atoms with Crippen LogP contribution in [0, 0.1) is 5.92 Å². The van der Waals surface area contributed by atoms with Crippen molar-refractivity contribution in [1.29, 1.82) is 0 Å². The van der Waals surface area contributed by atoms with E-state index >= 15 is 0 Å². The van der Waals surface area contributed by atoms with E-state index in [1.165, 1.54) is 0 Å². The smallest absolute Gasteiger partial charge is 0.411 e. The van der Waals surface area contributed by atoms with E-state index in [4.69, 9.17) is 4.74 Å². The van der Waals surface area contributed by atoms with E-state index in [-0.39, 0.29) is 0 Å². The molecule has 1 aromatic rings. The lowest BCUT2D eigenvalue weighted by Crippen LogP contribution is -2.18. The summed E-state index contributed by atoms with van der Waals surface area (Å²) in [6, 6.07) is 9.24. The molecular formula is C11H14BrNO2. The molecule has 4 heteroatoms. The van der Waals surface area contributed by atoms with Gasteiger partial charge in [-0.1, -0.05) is 41.1 Å². The fraction of sp³-hybridized carbons (Fsp3) is 0.364. The van der Waals surface area contributed by atoms with Crippen LogP contribution in [0.2, 0.25) is 0 Å². The molecule has 0 aliphatic carbocycles. The van der Waals surface area contributed by atoms with Crippen molar-refractivity contribution < 1.29 is 9.53 Å². The van der Waals surface area contributed by atoms with Crippen LogP contribution in [0.15, 0.2) is 30.3 Å². The molecule has 1 aromatic carbocycles. The van der Waals surface area contributed by atoms with E-state index in [0.717, 1.165) is 11.0 Å². The highest BCUT2D eigenvalue weighted by Crippen LogP contribution is 2.06. The van der Waals surface area contributed by atoms with Gasteiger partial charge in [0.2, 0.25) is 0 Å². The maximum atomic E-state index is 11.3. The summed E-state index contributed by atoms with van der Waals surface area (Å²) in [5, 5.41) is 3.47. The normalized spacial score (nSPS) is 11.9. The molecule has 0 aliphatic rings. The molecule has 0 heterocycles. The second-order valence-corrected chi connectivity index (χ2v) is 4.00. The van der Waals surface area contributed by atoms with Gasteiger partial charge in [0.05, 0.1) is 6.61 Å². The van der Waals surface area contributed by atoms with Gasteiger partial charge in [0.1, 0.15) is 0 Å². The number of hydrogen-bond donors (Lipinski definition) is 1. The minimum absolute atomic E-state index is 0.325. The topological polar surface area (TPSA) is 38.3 Å². The highest BCUT2D eigenvalue weighted by molar-refractivity contribution is 9.09. The molecule has 1 rings (SSSR count). The third-order valence-electron chi connectivity index (χ3n) is 1.78. The van der Waals surface area contributed by atoms with Crippen molar-refractivity contribution in [1.82, 2.24) is 0 Å². The minimum atomic E-state index is -0.408. The fourth-order valence-electron chi connectivity index (χ4n) is 0.938. The van der Waals surface area contributed by atoms with Gasteiger partial charge >= 0.3 is 6.09 Å². The van der Waals surface area contributed by atoms with Crippen LogP contribution < -0.4 is 5.32 Å². The molecule has 0 saturated heterocycles. The van der Waals surface area contributed by atoms with Crippen LogP contribution in [-0.4, -0.2) is 18.0 Å². The molecule has 1 amide bonds. The molecule has 0 fully saturated rings. The van der Waals surface area contributed by atoms with Crippen LogP contribution in [0.1, 0.15) is 6.92 Å². The van der Waals surface area contributed by atoms with Crippen molar-refractivity contribution in [3.05, 3.63) is 30.3 Å². The predicted octanol–water partition coefficient (Wildman–Crippen LogP) is 3.27. The molecule has 1 unspecified atom stereocenters. The number of benzene rings is 1. The van der Waals surface area contributed by atoms with Gasteiger partial charge in [-0.05, 0) is 12.1 Å². The van der Waals surface area contributed by atoms with Gasteiger partial charge in [0.15, 0.2) is 0 Å². The van der Waals surface area contributed by atoms with Crippen LogP contribution in [0.3, 0.4) is 0 Å². The Morgan fingerprint density at radius 3 is 2.73 bits per heavy atom. The molecule has 0 aliphatic heterocycles. The second kappa shape index (κ2) is 6.45. The molecule has 0 radical (unpaired) electrons. The average Bonchev–Trinajstić information content (AvgIpc) is 2.27. The van der Waals surface area contributed by atoms with Gasteiger partial charge in [-0.15, -0.1) is 0 Å². The number of anilines is 1. The Balaban J connectivity index is 2.31. The average molecular weight is 272 g/mol. The van der Waals surface area contributed by atoms with E-state index in [0.29, 0.717) is 12.5 Å². The molecule has 0 bridgehead atoms. The minimum Gasteiger partial charge on any atom is -0.449 e. The lowest BCUT2D eigenvalue weighted by atomic mass is 10.2. The van der Waals surface area contributed by atoms with E-state index in [1.54, 1.807) is 0 Å². The standard InChI is InChI=1S/C11H14BrNO2/c1-9(7-12)8-15-11(14)13-10-5-3-2-4-6-10/h2-6,9H,7-8H2,1H3,(H,13,14). The fourth-order valence-corrected chi connectivity index (χ4v) is 1.12. The highest BCUT2D eigenvalue weighted by atomic mass is 79.9. The summed E-state index contributed by atoms with van der Waals surface area (Å²) in [5.74, 6) is 0.325. The Morgan fingerprint density at radius 1 is 1.47 bits per heavy atom. The third-order valence-corrected chi connectivity index (χ3v) is 2.89. The molecule has 0 saturated carbocycles. The zero-order chi connectivity index (χ0) is 11.1. The Hall–Kier alpha value is -1.03. The van der Waals surface area contributed by atoms with Gasteiger partial charge < -0.3 is 4.74 Å².